The summed E-state index contributed by atoms with van der Waals surface area (Å²) in [6, 6.07) is 3.95. The van der Waals surface area contributed by atoms with Crippen molar-refractivity contribution < 1.29 is 13.9 Å². The van der Waals surface area contributed by atoms with E-state index in [4.69, 9.17) is 0 Å². The molecule has 1 N–H and O–H groups in total. The predicted octanol–water partition coefficient (Wildman–Crippen LogP) is 5.96. The minimum absolute atomic E-state index is 0.298. The molecule has 0 aromatic heterocycles. The van der Waals surface area contributed by atoms with E-state index >= 15 is 0 Å². The van der Waals surface area contributed by atoms with Crippen LogP contribution in [0, 0.1) is 23.5 Å². The molecule has 0 atom stereocenters. The van der Waals surface area contributed by atoms with Crippen LogP contribution in [0.3, 0.4) is 0 Å². The Bertz CT molecular complexity index is 521. The van der Waals surface area contributed by atoms with E-state index in [0.717, 1.165) is 87.7 Å². The molecule has 2 aliphatic rings. The molecule has 2 saturated carbocycles. The van der Waals surface area contributed by atoms with Crippen LogP contribution >= 0.6 is 0 Å². The highest BCUT2D eigenvalue weighted by Crippen LogP contribution is 2.45. The van der Waals surface area contributed by atoms with Crippen molar-refractivity contribution in [3.63, 3.8) is 0 Å². The maximum Gasteiger partial charge on any atom is 0.126 e. The maximum absolute atomic E-state index is 13.4. The lowest BCUT2D eigenvalue weighted by molar-refractivity contribution is -0.0273. The molecule has 3 rings (SSSR count). The first-order valence-electron chi connectivity index (χ1n) is 9.67. The van der Waals surface area contributed by atoms with E-state index in [1.54, 1.807) is 0 Å². The molecule has 0 heterocycles. The van der Waals surface area contributed by atoms with Crippen LogP contribution < -0.4 is 0 Å². The number of halogens is 2. The van der Waals surface area contributed by atoms with Crippen molar-refractivity contribution in [1.82, 2.24) is 0 Å². The summed E-state index contributed by atoms with van der Waals surface area (Å²) in [6.45, 7) is 2.14. The fourth-order valence-electron chi connectivity index (χ4n) is 5.10. The van der Waals surface area contributed by atoms with Crippen LogP contribution in [0.5, 0.6) is 0 Å². The van der Waals surface area contributed by atoms with Gasteiger partial charge in [-0.2, -0.15) is 0 Å². The van der Waals surface area contributed by atoms with Crippen molar-refractivity contribution in [2.75, 3.05) is 0 Å². The van der Waals surface area contributed by atoms with Gasteiger partial charge < -0.3 is 5.11 Å². The van der Waals surface area contributed by atoms with Crippen molar-refractivity contribution in [3.8, 4) is 0 Å². The van der Waals surface area contributed by atoms with Crippen LogP contribution in [-0.2, 0) is 0 Å². The highest BCUT2D eigenvalue weighted by atomic mass is 19.1. The Balaban J connectivity index is 1.52. The molecule has 2 fully saturated rings. The van der Waals surface area contributed by atoms with Crippen LogP contribution in [0.4, 0.5) is 8.78 Å². The highest BCUT2D eigenvalue weighted by Gasteiger charge is 2.36. The molecule has 0 saturated heterocycles. The number of hydrogen-bond donors (Lipinski definition) is 1. The predicted molar refractivity (Wildman–Crippen MR) is 92.9 cm³/mol. The third-order valence-corrected chi connectivity index (χ3v) is 6.47. The van der Waals surface area contributed by atoms with Crippen LogP contribution in [-0.4, -0.2) is 10.7 Å². The quantitative estimate of drug-likeness (QED) is 0.719. The molecule has 24 heavy (non-hydrogen) atoms. The average Bonchev–Trinajstić information content (AvgIpc) is 2.55. The van der Waals surface area contributed by atoms with Gasteiger partial charge in [-0.15, -0.1) is 0 Å². The zero-order valence-corrected chi connectivity index (χ0v) is 14.7. The first-order chi connectivity index (χ1) is 11.5. The first kappa shape index (κ1) is 17.8. The van der Waals surface area contributed by atoms with E-state index in [0.29, 0.717) is 5.92 Å². The molecular formula is C21H30F2O. The second-order valence-corrected chi connectivity index (χ2v) is 8.13. The van der Waals surface area contributed by atoms with Crippen molar-refractivity contribution in [1.29, 1.82) is 0 Å². The Morgan fingerprint density at radius 3 is 2.00 bits per heavy atom. The summed E-state index contributed by atoms with van der Waals surface area (Å²) >= 11 is 0. The summed E-state index contributed by atoms with van der Waals surface area (Å²) in [5.41, 5.74) is 0.411. The Morgan fingerprint density at radius 2 is 1.46 bits per heavy atom. The molecule has 3 heteroatoms. The Hall–Kier alpha value is -0.960. The van der Waals surface area contributed by atoms with Gasteiger partial charge in [-0.25, -0.2) is 8.78 Å². The third-order valence-electron chi connectivity index (χ3n) is 6.47. The standard InChI is InChI=1S/C21H30F2O/c1-2-9-21(24)10-7-17(8-11-21)15-3-5-16(6-4-15)18-12-19(22)14-20(23)13-18/h12-17,24H,2-11H2,1H3. The van der Waals surface area contributed by atoms with Gasteiger partial charge in [-0.3, -0.25) is 0 Å². The smallest absolute Gasteiger partial charge is 0.126 e. The van der Waals surface area contributed by atoms with E-state index < -0.39 is 17.2 Å². The molecule has 0 bridgehead atoms. The number of benzene rings is 1. The molecule has 0 radical (unpaired) electrons. The molecule has 0 spiro atoms. The van der Waals surface area contributed by atoms with Crippen LogP contribution in [0.25, 0.3) is 0 Å². The van der Waals surface area contributed by atoms with Gasteiger partial charge in [0.25, 0.3) is 0 Å². The molecule has 1 nitrogen and oxygen atoms in total. The zero-order chi connectivity index (χ0) is 17.2. The average molecular weight is 336 g/mol. The van der Waals surface area contributed by atoms with Crippen LogP contribution in [0.1, 0.15) is 82.6 Å². The molecular weight excluding hydrogens is 306 g/mol. The van der Waals surface area contributed by atoms with Gasteiger partial charge in [0.1, 0.15) is 11.6 Å². The van der Waals surface area contributed by atoms with Crippen molar-refractivity contribution in [3.05, 3.63) is 35.4 Å². The number of hydrogen-bond acceptors (Lipinski definition) is 1. The topological polar surface area (TPSA) is 20.2 Å². The molecule has 134 valence electrons. The highest BCUT2D eigenvalue weighted by molar-refractivity contribution is 5.22. The fraction of sp³-hybridized carbons (Fsp3) is 0.714. The maximum atomic E-state index is 13.4. The fourth-order valence-corrected chi connectivity index (χ4v) is 5.10. The van der Waals surface area contributed by atoms with Gasteiger partial charge in [0.05, 0.1) is 5.60 Å². The largest absolute Gasteiger partial charge is 0.390 e. The molecule has 0 amide bonds. The zero-order valence-electron chi connectivity index (χ0n) is 14.7. The molecule has 2 aliphatic carbocycles. The second-order valence-electron chi connectivity index (χ2n) is 8.13. The summed E-state index contributed by atoms with van der Waals surface area (Å²) in [4.78, 5) is 0. The monoisotopic (exact) mass is 336 g/mol. The summed E-state index contributed by atoms with van der Waals surface area (Å²) in [5, 5.41) is 10.6. The van der Waals surface area contributed by atoms with Gasteiger partial charge in [0.15, 0.2) is 0 Å². The molecule has 1 aromatic rings. The lowest BCUT2D eigenvalue weighted by Gasteiger charge is -2.41. The summed E-state index contributed by atoms with van der Waals surface area (Å²) in [7, 11) is 0. The Kier molecular flexibility index (Phi) is 5.59. The SMILES string of the molecule is CCCC1(O)CCC(C2CCC(c3cc(F)cc(F)c3)CC2)CC1. The minimum Gasteiger partial charge on any atom is -0.390 e. The number of rotatable bonds is 4. The van der Waals surface area contributed by atoms with Gasteiger partial charge in [-0.05, 0) is 93.2 Å². The molecule has 1 aromatic carbocycles. The third kappa shape index (κ3) is 4.17. The van der Waals surface area contributed by atoms with Crippen LogP contribution in [0.15, 0.2) is 18.2 Å². The van der Waals surface area contributed by atoms with E-state index in [1.165, 1.54) is 12.1 Å². The molecule has 0 unspecified atom stereocenters. The van der Waals surface area contributed by atoms with Gasteiger partial charge in [0, 0.05) is 6.07 Å². The minimum atomic E-state index is -0.463. The summed E-state index contributed by atoms with van der Waals surface area (Å²) in [5.74, 6) is 0.828. The summed E-state index contributed by atoms with van der Waals surface area (Å²) in [6.07, 6.45) is 10.5. The van der Waals surface area contributed by atoms with Crippen molar-refractivity contribution in [2.45, 2.75) is 82.7 Å². The van der Waals surface area contributed by atoms with E-state index in [2.05, 4.69) is 6.92 Å². The van der Waals surface area contributed by atoms with Crippen LogP contribution in [0.2, 0.25) is 0 Å². The van der Waals surface area contributed by atoms with E-state index in [9.17, 15) is 13.9 Å². The summed E-state index contributed by atoms with van der Waals surface area (Å²) < 4.78 is 26.8. The van der Waals surface area contributed by atoms with E-state index in [-0.39, 0.29) is 0 Å². The number of aliphatic hydroxyl groups is 1. The lowest BCUT2D eigenvalue weighted by atomic mass is 9.67. The molecule has 0 aliphatic heterocycles. The normalized spacial score (nSPS) is 34.2. The lowest BCUT2D eigenvalue weighted by Crippen LogP contribution is -2.36. The first-order valence-corrected chi connectivity index (χ1v) is 9.67. The van der Waals surface area contributed by atoms with Gasteiger partial charge in [-0.1, -0.05) is 13.3 Å². The second kappa shape index (κ2) is 7.51. The van der Waals surface area contributed by atoms with Gasteiger partial charge in [0.2, 0.25) is 0 Å². The Morgan fingerprint density at radius 1 is 0.917 bits per heavy atom. The Labute approximate surface area is 144 Å². The van der Waals surface area contributed by atoms with E-state index in [1.807, 2.05) is 0 Å². The van der Waals surface area contributed by atoms with Gasteiger partial charge >= 0.3 is 0 Å². The van der Waals surface area contributed by atoms with Crippen molar-refractivity contribution in [2.24, 2.45) is 11.8 Å². The van der Waals surface area contributed by atoms with Crippen molar-refractivity contribution >= 4 is 0 Å².